The monoisotopic (exact) mass is 279 g/mol. The highest BCUT2D eigenvalue weighted by Crippen LogP contribution is 2.45. The van der Waals surface area contributed by atoms with Crippen LogP contribution in [0.1, 0.15) is 0 Å². The zero-order chi connectivity index (χ0) is 13.5. The van der Waals surface area contributed by atoms with Crippen LogP contribution in [0.25, 0.3) is 22.4 Å². The minimum atomic E-state index is 0.688. The second-order valence-electron chi connectivity index (χ2n) is 4.64. The molecule has 20 heavy (non-hydrogen) atoms. The van der Waals surface area contributed by atoms with Crippen molar-refractivity contribution in [1.82, 2.24) is 4.98 Å². The number of aromatic nitrogens is 1. The minimum Gasteiger partial charge on any atom is -0.456 e. The van der Waals surface area contributed by atoms with Crippen LogP contribution in [0.15, 0.2) is 60.8 Å². The second kappa shape index (κ2) is 4.36. The molecular weight excluding hydrogens is 270 g/mol. The number of halogens is 1. The summed E-state index contributed by atoms with van der Waals surface area (Å²) >= 11 is 6.13. The Morgan fingerprint density at radius 3 is 2.55 bits per heavy atom. The quantitative estimate of drug-likeness (QED) is 0.443. The van der Waals surface area contributed by atoms with Crippen molar-refractivity contribution < 1.29 is 4.74 Å². The van der Waals surface area contributed by atoms with Gasteiger partial charge in [-0.05, 0) is 36.4 Å². The van der Waals surface area contributed by atoms with Gasteiger partial charge in [0, 0.05) is 27.9 Å². The fourth-order valence-corrected chi connectivity index (χ4v) is 2.68. The van der Waals surface area contributed by atoms with E-state index in [9.17, 15) is 0 Å². The molecule has 0 N–H and O–H groups in total. The van der Waals surface area contributed by atoms with E-state index in [1.807, 2.05) is 54.6 Å². The van der Waals surface area contributed by atoms with Crippen LogP contribution in [0, 0.1) is 0 Å². The smallest absolute Gasteiger partial charge is 0.136 e. The SMILES string of the molecule is Clc1ccc2c(c1)-c1cccnc1-c1ccccc1O2. The summed E-state index contributed by atoms with van der Waals surface area (Å²) in [4.78, 5) is 4.53. The molecule has 0 aliphatic carbocycles. The van der Waals surface area contributed by atoms with Crippen LogP contribution in [-0.4, -0.2) is 4.98 Å². The maximum atomic E-state index is 6.13. The Kier molecular flexibility index (Phi) is 2.51. The third-order valence-electron chi connectivity index (χ3n) is 3.40. The fourth-order valence-electron chi connectivity index (χ4n) is 2.51. The molecule has 2 nitrogen and oxygen atoms in total. The molecular formula is C17H10ClNO. The predicted octanol–water partition coefficient (Wildman–Crippen LogP) is 5.17. The van der Waals surface area contributed by atoms with E-state index >= 15 is 0 Å². The maximum absolute atomic E-state index is 6.13. The standard InChI is InChI=1S/C17H10ClNO/c18-11-7-8-16-14(10-11)12-5-3-9-19-17(12)13-4-1-2-6-15(13)20-16/h1-10H. The molecule has 0 unspecified atom stereocenters. The van der Waals surface area contributed by atoms with Crippen molar-refractivity contribution in [3.63, 3.8) is 0 Å². The zero-order valence-electron chi connectivity index (χ0n) is 10.5. The Hall–Kier alpha value is -2.32. The largest absolute Gasteiger partial charge is 0.456 e. The van der Waals surface area contributed by atoms with Crippen molar-refractivity contribution in [3.8, 4) is 33.9 Å². The summed E-state index contributed by atoms with van der Waals surface area (Å²) < 4.78 is 6.04. The van der Waals surface area contributed by atoms with E-state index in [0.717, 1.165) is 33.9 Å². The number of para-hydroxylation sites is 1. The normalized spacial score (nSPS) is 11.7. The number of fused-ring (bicyclic) bond motifs is 5. The van der Waals surface area contributed by atoms with Gasteiger partial charge in [0.05, 0.1) is 5.69 Å². The van der Waals surface area contributed by atoms with Gasteiger partial charge in [-0.2, -0.15) is 0 Å². The Morgan fingerprint density at radius 2 is 1.60 bits per heavy atom. The molecule has 4 rings (SSSR count). The Morgan fingerprint density at radius 1 is 0.800 bits per heavy atom. The van der Waals surface area contributed by atoms with E-state index in [2.05, 4.69) is 4.98 Å². The zero-order valence-corrected chi connectivity index (χ0v) is 11.3. The average Bonchev–Trinajstić information content (AvgIpc) is 2.62. The fraction of sp³-hybridized carbons (Fsp3) is 0. The lowest BCUT2D eigenvalue weighted by Crippen LogP contribution is -1.86. The number of ether oxygens (including phenoxy) is 1. The van der Waals surface area contributed by atoms with Crippen molar-refractivity contribution in [2.45, 2.75) is 0 Å². The molecule has 96 valence electrons. The number of hydrogen-bond donors (Lipinski definition) is 0. The molecule has 0 fully saturated rings. The summed E-state index contributed by atoms with van der Waals surface area (Å²) in [5, 5.41) is 0.688. The van der Waals surface area contributed by atoms with Crippen LogP contribution in [-0.2, 0) is 0 Å². The first kappa shape index (κ1) is 11.5. The van der Waals surface area contributed by atoms with Gasteiger partial charge in [0.1, 0.15) is 11.5 Å². The van der Waals surface area contributed by atoms with Gasteiger partial charge in [-0.1, -0.05) is 29.8 Å². The molecule has 0 saturated heterocycles. The number of pyridine rings is 1. The van der Waals surface area contributed by atoms with E-state index in [0.29, 0.717) is 5.02 Å². The number of rotatable bonds is 0. The third-order valence-corrected chi connectivity index (χ3v) is 3.64. The molecule has 1 aliphatic rings. The summed E-state index contributed by atoms with van der Waals surface area (Å²) in [7, 11) is 0. The molecule has 0 amide bonds. The van der Waals surface area contributed by atoms with Crippen LogP contribution < -0.4 is 4.74 Å². The Balaban J connectivity index is 2.12. The van der Waals surface area contributed by atoms with Crippen LogP contribution in [0.5, 0.6) is 11.5 Å². The van der Waals surface area contributed by atoms with E-state index in [-0.39, 0.29) is 0 Å². The highest BCUT2D eigenvalue weighted by atomic mass is 35.5. The van der Waals surface area contributed by atoms with E-state index in [1.165, 1.54) is 0 Å². The van der Waals surface area contributed by atoms with Crippen LogP contribution in [0.4, 0.5) is 0 Å². The summed E-state index contributed by atoms with van der Waals surface area (Å²) in [5.41, 5.74) is 3.92. The summed E-state index contributed by atoms with van der Waals surface area (Å²) in [6.45, 7) is 0. The van der Waals surface area contributed by atoms with Crippen LogP contribution in [0.2, 0.25) is 5.02 Å². The van der Waals surface area contributed by atoms with E-state index in [1.54, 1.807) is 6.20 Å². The highest BCUT2D eigenvalue weighted by molar-refractivity contribution is 6.31. The van der Waals surface area contributed by atoms with Gasteiger partial charge >= 0.3 is 0 Å². The van der Waals surface area contributed by atoms with Gasteiger partial charge in [0.25, 0.3) is 0 Å². The molecule has 3 heteroatoms. The molecule has 0 bridgehead atoms. The lowest BCUT2D eigenvalue weighted by atomic mass is 9.99. The minimum absolute atomic E-state index is 0.688. The van der Waals surface area contributed by atoms with Crippen molar-refractivity contribution in [3.05, 3.63) is 65.8 Å². The Labute approximate surface area is 121 Å². The summed E-state index contributed by atoms with van der Waals surface area (Å²) in [6.07, 6.45) is 1.80. The Bertz CT molecular complexity index is 814. The van der Waals surface area contributed by atoms with Gasteiger partial charge in [0.15, 0.2) is 0 Å². The van der Waals surface area contributed by atoms with Crippen molar-refractivity contribution in [2.24, 2.45) is 0 Å². The molecule has 3 aromatic rings. The second-order valence-corrected chi connectivity index (χ2v) is 5.07. The molecule has 0 spiro atoms. The van der Waals surface area contributed by atoms with Crippen molar-refractivity contribution in [1.29, 1.82) is 0 Å². The highest BCUT2D eigenvalue weighted by Gasteiger charge is 2.21. The molecule has 0 saturated carbocycles. The first-order chi connectivity index (χ1) is 9.83. The van der Waals surface area contributed by atoms with E-state index < -0.39 is 0 Å². The number of benzene rings is 2. The van der Waals surface area contributed by atoms with Gasteiger partial charge in [-0.15, -0.1) is 0 Å². The molecule has 2 aromatic carbocycles. The molecule has 0 radical (unpaired) electrons. The topological polar surface area (TPSA) is 22.1 Å². The molecule has 2 heterocycles. The maximum Gasteiger partial charge on any atom is 0.136 e. The van der Waals surface area contributed by atoms with E-state index in [4.69, 9.17) is 16.3 Å². The molecule has 1 aliphatic heterocycles. The van der Waals surface area contributed by atoms with Gasteiger partial charge in [0.2, 0.25) is 0 Å². The lowest BCUT2D eigenvalue weighted by molar-refractivity contribution is 0.487. The first-order valence-electron chi connectivity index (χ1n) is 6.35. The molecule has 0 atom stereocenters. The van der Waals surface area contributed by atoms with Crippen molar-refractivity contribution >= 4 is 11.6 Å². The predicted molar refractivity (Wildman–Crippen MR) is 80.2 cm³/mol. The van der Waals surface area contributed by atoms with Crippen LogP contribution in [0.3, 0.4) is 0 Å². The first-order valence-corrected chi connectivity index (χ1v) is 6.73. The third kappa shape index (κ3) is 1.69. The van der Waals surface area contributed by atoms with Crippen molar-refractivity contribution in [2.75, 3.05) is 0 Å². The summed E-state index contributed by atoms with van der Waals surface area (Å²) in [5.74, 6) is 1.61. The van der Waals surface area contributed by atoms with Crippen LogP contribution >= 0.6 is 11.6 Å². The molecule has 1 aromatic heterocycles. The summed E-state index contributed by atoms with van der Waals surface area (Å²) in [6, 6.07) is 17.6. The average molecular weight is 280 g/mol. The van der Waals surface area contributed by atoms with Gasteiger partial charge in [-0.25, -0.2) is 0 Å². The van der Waals surface area contributed by atoms with Gasteiger partial charge < -0.3 is 4.74 Å². The number of hydrogen-bond acceptors (Lipinski definition) is 2. The van der Waals surface area contributed by atoms with Gasteiger partial charge in [-0.3, -0.25) is 4.98 Å². The lowest BCUT2D eigenvalue weighted by Gasteiger charge is -2.08. The number of nitrogens with zero attached hydrogens (tertiary/aromatic N) is 1.